The van der Waals surface area contributed by atoms with Crippen LogP contribution < -0.4 is 10.5 Å². The van der Waals surface area contributed by atoms with E-state index in [1.54, 1.807) is 37.0 Å². The number of benzene rings is 1. The molecule has 0 radical (unpaired) electrons. The van der Waals surface area contributed by atoms with E-state index in [9.17, 15) is 4.79 Å². The molecule has 8 nitrogen and oxygen atoms in total. The zero-order valence-corrected chi connectivity index (χ0v) is 21.9. The lowest BCUT2D eigenvalue weighted by Gasteiger charge is -2.23. The van der Waals surface area contributed by atoms with Crippen LogP contribution in [0.3, 0.4) is 0 Å². The van der Waals surface area contributed by atoms with Crippen LogP contribution in [-0.2, 0) is 0 Å². The number of amides is 1. The fourth-order valence-electron chi connectivity index (χ4n) is 3.96. The van der Waals surface area contributed by atoms with Crippen molar-refractivity contribution in [1.82, 2.24) is 24.3 Å². The van der Waals surface area contributed by atoms with Gasteiger partial charge in [-0.15, -0.1) is 0 Å². The lowest BCUT2D eigenvalue weighted by Crippen LogP contribution is -2.22. The summed E-state index contributed by atoms with van der Waals surface area (Å²) in [6.45, 7) is 5.57. The molecule has 4 rings (SSSR count). The molecule has 0 aliphatic heterocycles. The van der Waals surface area contributed by atoms with Crippen molar-refractivity contribution in [2.45, 2.75) is 32.8 Å². The molecule has 3 aromatic heterocycles. The highest BCUT2D eigenvalue weighted by Crippen LogP contribution is 2.44. The third kappa shape index (κ3) is 4.56. The first-order valence-corrected chi connectivity index (χ1v) is 11.9. The molecule has 188 valence electrons. The minimum absolute atomic E-state index is 0.0930. The Labute approximate surface area is 217 Å². The third-order valence-corrected chi connectivity index (χ3v) is 6.19. The average molecular weight is 531 g/mol. The van der Waals surface area contributed by atoms with Crippen molar-refractivity contribution in [3.05, 3.63) is 69.9 Å². The van der Waals surface area contributed by atoms with E-state index < -0.39 is 11.7 Å². The summed E-state index contributed by atoms with van der Waals surface area (Å²) in [5, 5.41) is 0.108. The smallest absolute Gasteiger partial charge is 0.271 e. The maximum Gasteiger partial charge on any atom is 0.271 e. The molecule has 1 atom stereocenters. The van der Waals surface area contributed by atoms with E-state index in [1.165, 1.54) is 23.2 Å². The highest BCUT2D eigenvalue weighted by Gasteiger charge is 2.28. The Morgan fingerprint density at radius 1 is 1.19 bits per heavy atom. The maximum atomic E-state index is 15.6. The van der Waals surface area contributed by atoms with Crippen LogP contribution in [0.1, 0.15) is 48.6 Å². The number of fused-ring (bicyclic) bond motifs is 1. The van der Waals surface area contributed by atoms with Gasteiger partial charge >= 0.3 is 0 Å². The number of pyridine rings is 1. The monoisotopic (exact) mass is 530 g/mol. The van der Waals surface area contributed by atoms with E-state index in [0.717, 1.165) is 0 Å². The van der Waals surface area contributed by atoms with Crippen LogP contribution in [0.2, 0.25) is 10.2 Å². The summed E-state index contributed by atoms with van der Waals surface area (Å²) >= 11 is 12.8. The molecule has 1 amide bonds. The van der Waals surface area contributed by atoms with Crippen LogP contribution >= 0.6 is 23.2 Å². The number of aromatic nitrogens is 4. The summed E-state index contributed by atoms with van der Waals surface area (Å²) in [5.74, 6) is -0.267. The molecule has 0 fully saturated rings. The Hall–Kier alpha value is -3.43. The molecule has 11 heteroatoms. The molecule has 0 aliphatic carbocycles. The van der Waals surface area contributed by atoms with Crippen molar-refractivity contribution in [2.24, 2.45) is 0 Å². The number of hydrogen-bond donors (Lipinski definition) is 1. The van der Waals surface area contributed by atoms with E-state index >= 15 is 4.39 Å². The molecule has 0 saturated carbocycles. The van der Waals surface area contributed by atoms with Gasteiger partial charge in [-0.25, -0.2) is 14.4 Å². The summed E-state index contributed by atoms with van der Waals surface area (Å²) in [5.41, 5.74) is 7.87. The summed E-state index contributed by atoms with van der Waals surface area (Å²) in [6, 6.07) is 4.69. The first-order chi connectivity index (χ1) is 17.0. The number of carbonyl (C=O) groups is 1. The van der Waals surface area contributed by atoms with Crippen molar-refractivity contribution in [3.63, 3.8) is 0 Å². The molecular weight excluding hydrogens is 506 g/mol. The normalized spacial score (nSPS) is 12.2. The number of nitrogens with two attached hydrogens (primary N) is 1. The van der Waals surface area contributed by atoms with Gasteiger partial charge in [0, 0.05) is 49.7 Å². The van der Waals surface area contributed by atoms with Crippen LogP contribution in [0.15, 0.2) is 36.8 Å². The highest BCUT2D eigenvalue weighted by atomic mass is 35.5. The first kappa shape index (κ1) is 25.7. The zero-order chi connectivity index (χ0) is 26.3. The van der Waals surface area contributed by atoms with Crippen molar-refractivity contribution < 1.29 is 13.9 Å². The fraction of sp³-hybridized carbons (Fsp3) is 0.280. The van der Waals surface area contributed by atoms with Crippen LogP contribution in [-0.4, -0.2) is 50.4 Å². The number of imidazole rings is 1. The molecule has 0 aliphatic rings. The molecule has 0 spiro atoms. The Morgan fingerprint density at radius 3 is 2.53 bits per heavy atom. The minimum atomic E-state index is -0.656. The van der Waals surface area contributed by atoms with Gasteiger partial charge in [0.15, 0.2) is 16.8 Å². The van der Waals surface area contributed by atoms with Gasteiger partial charge in [0.25, 0.3) is 5.91 Å². The number of hydrogen-bond acceptors (Lipinski definition) is 6. The molecule has 36 heavy (non-hydrogen) atoms. The van der Waals surface area contributed by atoms with Crippen LogP contribution in [0, 0.1) is 5.82 Å². The molecule has 0 bridgehead atoms. The van der Waals surface area contributed by atoms with Crippen LogP contribution in [0.4, 0.5) is 10.2 Å². The minimum Gasteiger partial charge on any atom is -0.490 e. The van der Waals surface area contributed by atoms with E-state index in [1.807, 2.05) is 20.8 Å². The Bertz CT molecular complexity index is 1450. The van der Waals surface area contributed by atoms with Gasteiger partial charge < -0.3 is 15.4 Å². The first-order valence-electron chi connectivity index (χ1n) is 11.2. The number of nitrogen functional groups attached to an aromatic ring is 1. The van der Waals surface area contributed by atoms with Gasteiger partial charge in [-0.3, -0.25) is 14.2 Å². The standard InChI is InChI=1S/C25H25Cl2FN6O2/c1-12(2)36-21-15(13(3)24-32-22(27)20-23(29)30-8-9-34(20)24)10-16(26)19(28)18(21)14-6-7-17(31-11-14)25(35)33(4)5/h6-13H,1-5H3,(H2,29,30). The SMILES string of the molecule is CC(C)Oc1c(C(C)c2nc(Cl)c3c(N)nccn23)cc(Cl)c(F)c1-c1ccc(C(=O)N(C)C)nc1. The number of halogens is 3. The van der Waals surface area contributed by atoms with Gasteiger partial charge in [-0.2, -0.15) is 0 Å². The number of rotatable bonds is 6. The van der Waals surface area contributed by atoms with Gasteiger partial charge in [0.1, 0.15) is 22.8 Å². The van der Waals surface area contributed by atoms with Gasteiger partial charge in [0.2, 0.25) is 0 Å². The molecule has 0 saturated heterocycles. The van der Waals surface area contributed by atoms with E-state index in [2.05, 4.69) is 15.0 Å². The molecule has 1 aromatic carbocycles. The predicted octanol–water partition coefficient (Wildman–Crippen LogP) is 5.46. The molecule has 1 unspecified atom stereocenters. The number of anilines is 1. The quantitative estimate of drug-likeness (QED) is 0.355. The Morgan fingerprint density at radius 2 is 1.92 bits per heavy atom. The van der Waals surface area contributed by atoms with Gasteiger partial charge in [-0.05, 0) is 26.0 Å². The Kier molecular flexibility index (Phi) is 7.06. The summed E-state index contributed by atoms with van der Waals surface area (Å²) in [7, 11) is 3.26. The Balaban J connectivity index is 1.93. The van der Waals surface area contributed by atoms with E-state index in [4.69, 9.17) is 33.7 Å². The molecule has 4 aromatic rings. The van der Waals surface area contributed by atoms with Crippen LogP contribution in [0.5, 0.6) is 5.75 Å². The van der Waals surface area contributed by atoms with Crippen LogP contribution in [0.25, 0.3) is 16.6 Å². The largest absolute Gasteiger partial charge is 0.490 e. The lowest BCUT2D eigenvalue weighted by molar-refractivity contribution is 0.0822. The number of ether oxygens (including phenoxy) is 1. The lowest BCUT2D eigenvalue weighted by atomic mass is 9.93. The molecule has 2 N–H and O–H groups in total. The zero-order valence-electron chi connectivity index (χ0n) is 20.4. The summed E-state index contributed by atoms with van der Waals surface area (Å²) in [4.78, 5) is 26.5. The third-order valence-electron chi connectivity index (χ3n) is 5.65. The van der Waals surface area contributed by atoms with Gasteiger partial charge in [0.05, 0.1) is 16.7 Å². The van der Waals surface area contributed by atoms with Crippen molar-refractivity contribution >= 4 is 40.4 Å². The van der Waals surface area contributed by atoms with E-state index in [0.29, 0.717) is 28.2 Å². The summed E-state index contributed by atoms with van der Waals surface area (Å²) in [6.07, 6.45) is 4.41. The number of nitrogens with zero attached hydrogens (tertiary/aromatic N) is 5. The molecule has 3 heterocycles. The molecular formula is C25H25Cl2FN6O2. The number of carbonyl (C=O) groups excluding carboxylic acids is 1. The maximum absolute atomic E-state index is 15.6. The highest BCUT2D eigenvalue weighted by molar-refractivity contribution is 6.33. The van der Waals surface area contributed by atoms with Crippen molar-refractivity contribution in [2.75, 3.05) is 19.8 Å². The second kappa shape index (κ2) is 9.91. The fourth-order valence-corrected chi connectivity index (χ4v) is 4.44. The van der Waals surface area contributed by atoms with Gasteiger partial charge in [-0.1, -0.05) is 36.2 Å². The second-order valence-electron chi connectivity index (χ2n) is 8.78. The van der Waals surface area contributed by atoms with E-state index in [-0.39, 0.29) is 39.3 Å². The second-order valence-corrected chi connectivity index (χ2v) is 9.54. The topological polar surface area (TPSA) is 98.6 Å². The van der Waals surface area contributed by atoms with Crippen molar-refractivity contribution in [3.8, 4) is 16.9 Å². The summed E-state index contributed by atoms with van der Waals surface area (Å²) < 4.78 is 23.5. The average Bonchev–Trinajstić information content (AvgIpc) is 3.18. The van der Waals surface area contributed by atoms with Crippen molar-refractivity contribution in [1.29, 1.82) is 0 Å². The predicted molar refractivity (Wildman–Crippen MR) is 138 cm³/mol.